The van der Waals surface area contributed by atoms with Crippen molar-refractivity contribution in [3.63, 3.8) is 0 Å². The molecule has 2 amide bonds. The molecule has 0 spiro atoms. The van der Waals surface area contributed by atoms with E-state index in [0.29, 0.717) is 6.42 Å². The van der Waals surface area contributed by atoms with Crippen molar-refractivity contribution in [2.24, 2.45) is 4.99 Å². The van der Waals surface area contributed by atoms with E-state index in [1.165, 1.54) is 0 Å². The zero-order chi connectivity index (χ0) is 58.6. The van der Waals surface area contributed by atoms with Gasteiger partial charge < -0.3 is 140 Å². The van der Waals surface area contributed by atoms with Gasteiger partial charge in [0.2, 0.25) is 11.8 Å². The molecular formula is C47H80N3NaO29. The molecule has 32 nitrogen and oxygen atoms in total. The van der Waals surface area contributed by atoms with Crippen LogP contribution in [0.5, 0.6) is 0 Å². The number of carboxylic acid groups (broad SMARTS) is 1. The number of carbonyl (C=O) groups is 3. The molecule has 458 valence electrons. The van der Waals surface area contributed by atoms with Crippen LogP contribution in [-0.4, -0.2) is 299 Å². The van der Waals surface area contributed by atoms with E-state index in [1.54, 1.807) is 0 Å². The van der Waals surface area contributed by atoms with Crippen molar-refractivity contribution >= 4 is 23.7 Å². The van der Waals surface area contributed by atoms with Crippen molar-refractivity contribution in [1.29, 1.82) is 0 Å². The first-order chi connectivity index (χ1) is 37.4. The fourth-order valence-corrected chi connectivity index (χ4v) is 9.98. The summed E-state index contributed by atoms with van der Waals surface area (Å²) in [5, 5.41) is 179. The van der Waals surface area contributed by atoms with Gasteiger partial charge in [-0.15, -0.1) is 0 Å². The first-order valence-corrected chi connectivity index (χ1v) is 26.1. The second-order valence-corrected chi connectivity index (χ2v) is 20.2. The molecule has 0 aliphatic carbocycles. The van der Waals surface area contributed by atoms with Gasteiger partial charge in [-0.3, -0.25) is 14.6 Å². The van der Waals surface area contributed by atoms with E-state index in [4.69, 9.17) is 47.4 Å². The van der Waals surface area contributed by atoms with Crippen molar-refractivity contribution in [2.75, 3.05) is 39.6 Å². The molecule has 0 saturated carbocycles. The molecule has 0 aromatic rings. The van der Waals surface area contributed by atoms with E-state index in [1.807, 2.05) is 0 Å². The van der Waals surface area contributed by atoms with Crippen LogP contribution in [-0.2, 0) is 61.8 Å². The Labute approximate surface area is 481 Å². The fraction of sp³-hybridized carbons (Fsp3) is 0.915. The quantitative estimate of drug-likeness (QED) is 0.0157. The maximum absolute atomic E-state index is 13.0. The summed E-state index contributed by atoms with van der Waals surface area (Å²) in [6, 6.07) is -4.81. The van der Waals surface area contributed by atoms with Crippen molar-refractivity contribution in [3.8, 4) is 0 Å². The molecule has 26 atom stereocenters. The Balaban J connectivity index is 0.0000138. The second kappa shape index (κ2) is 32.4. The first kappa shape index (κ1) is 70.4. The predicted octanol–water partition coefficient (Wildman–Crippen LogP) is -12.3. The number of nitrogens with one attached hydrogen (secondary N) is 2. The van der Waals surface area contributed by atoms with Gasteiger partial charge in [0.15, 0.2) is 25.2 Å². The molecule has 5 aliphatic rings. The van der Waals surface area contributed by atoms with Crippen LogP contribution >= 0.6 is 0 Å². The monoisotopic (exact) mass is 1170 g/mol. The third-order valence-corrected chi connectivity index (χ3v) is 14.2. The summed E-state index contributed by atoms with van der Waals surface area (Å²) in [5.74, 6) is -7.61. The predicted molar refractivity (Wildman–Crippen MR) is 255 cm³/mol. The summed E-state index contributed by atoms with van der Waals surface area (Å²) in [6.45, 7) is 0.460. The normalized spacial score (nSPS) is 41.5. The summed E-state index contributed by atoms with van der Waals surface area (Å²) in [4.78, 5) is 42.0. The minimum Gasteiger partial charge on any atom is -0.862 e. The average Bonchev–Trinajstić information content (AvgIpc) is 3.45. The molecule has 80 heavy (non-hydrogen) atoms. The van der Waals surface area contributed by atoms with Crippen molar-refractivity contribution in [3.05, 3.63) is 0 Å². The molecule has 0 radical (unpaired) electrons. The standard InChI is InChI=1S/C47H81N3O29.Na/c1-5-6-7-8-9-10-11-70-43-29(50-20(4)57)39(77-44-36(66)35(65)31(61)23(14-52)72-44)33(63)26(75-43)17-71-42-28(49-19(3)56)34(64)38(25(16-54)74-42)76-45-37(67)41(32(62)24(15-53)73-45)79-47(46(68)69)12-21(58)27(48-18(2)55)40(78-47)30(60)22(59)13-51;/h21-45,51-54,58-67H,5-17H2,1-4H3,(H,48,55)(H,49,56)(H,50,57)(H,68,69);/q;+1/p-1/t21-,22+,23+,24+,25+,26+,27+,28+,29+,30+,31-,32-,33-,34+,35-,36+,37+,38+,39+,40+,41-,42+,43-,44-,45-,47-;/m0./s1. The molecule has 5 fully saturated rings. The number of ether oxygens (including phenoxy) is 10. The number of aliphatic hydroxyl groups is 14. The number of rotatable bonds is 27. The van der Waals surface area contributed by atoms with Crippen molar-refractivity contribution < 1.29 is 173 Å². The molecule has 17 N–H and O–H groups in total. The van der Waals surface area contributed by atoms with Gasteiger partial charge in [-0.25, -0.2) is 4.79 Å². The van der Waals surface area contributed by atoms with E-state index >= 15 is 0 Å². The Bertz CT molecular complexity index is 1930. The average molecular weight is 1170 g/mol. The first-order valence-electron chi connectivity index (χ1n) is 26.1. The number of aliphatic hydroxyl groups excluding tert-OH is 14. The maximum Gasteiger partial charge on any atom is 1.00 e. The van der Waals surface area contributed by atoms with Gasteiger partial charge in [-0.1, -0.05) is 39.0 Å². The fourth-order valence-electron chi connectivity index (χ4n) is 9.98. The van der Waals surface area contributed by atoms with Crippen LogP contribution in [0.4, 0.5) is 0 Å². The molecule has 0 aromatic carbocycles. The minimum absolute atomic E-state index is 0. The number of hydrogen-bond donors (Lipinski definition) is 17. The molecule has 0 aromatic heterocycles. The molecule has 33 heteroatoms. The van der Waals surface area contributed by atoms with Gasteiger partial charge in [0.05, 0.1) is 39.1 Å². The molecule has 5 aliphatic heterocycles. The Morgan fingerprint density at radius 1 is 0.637 bits per heavy atom. The van der Waals surface area contributed by atoms with Crippen LogP contribution in [0, 0.1) is 0 Å². The topological polar surface area (TPSA) is 506 Å². The number of aliphatic imine (C=N–C) groups is 1. The molecule has 5 rings (SSSR count). The van der Waals surface area contributed by atoms with Crippen LogP contribution in [0.15, 0.2) is 4.99 Å². The van der Waals surface area contributed by atoms with E-state index in [-0.39, 0.29) is 36.2 Å². The smallest absolute Gasteiger partial charge is 0.862 e. The van der Waals surface area contributed by atoms with E-state index < -0.39 is 222 Å². The van der Waals surface area contributed by atoms with Gasteiger partial charge in [0.25, 0.3) is 5.79 Å². The SMILES string of the molecule is CCCCCCCCO[C@H]1O[C@H](CO[C@@H]2O[C@H](CO)[C@@H](O[C@@H]3O[C@H](CO)[C@H](O)[C@H](O[C@]4(C(=O)O)C[C@H](O)[C@@H](N=C(C)[O-])[C@H]([C@H](O)[C@H](O)CO)O4)[C@H]3O)[C@H](O)[C@H]2NC(C)=O)[C@H](O)[C@H](O[C@@H]2O[C@H](CO)[C@H](O)[C@H](O)[C@H]2O)[C@H]1NC(C)=O.[Na+]. The van der Waals surface area contributed by atoms with Crippen LogP contribution in [0.3, 0.4) is 0 Å². The number of carbonyl (C=O) groups excluding carboxylic acids is 2. The molecular weight excluding hydrogens is 1090 g/mol. The molecule has 0 bridgehead atoms. The zero-order valence-electron chi connectivity index (χ0n) is 45.0. The van der Waals surface area contributed by atoms with E-state index in [2.05, 4.69) is 22.5 Å². The van der Waals surface area contributed by atoms with Gasteiger partial charge in [-0.2, -0.15) is 0 Å². The van der Waals surface area contributed by atoms with E-state index in [0.717, 1.165) is 52.9 Å². The zero-order valence-corrected chi connectivity index (χ0v) is 47.0. The van der Waals surface area contributed by atoms with Crippen molar-refractivity contribution in [2.45, 2.75) is 232 Å². The largest absolute Gasteiger partial charge is 1.00 e. The van der Waals surface area contributed by atoms with Gasteiger partial charge in [-0.05, 0) is 19.2 Å². The maximum atomic E-state index is 13.0. The molecule has 5 heterocycles. The number of unbranched alkanes of at least 4 members (excludes halogenated alkanes) is 5. The Kier molecular flexibility index (Phi) is 28.5. The second-order valence-electron chi connectivity index (χ2n) is 20.2. The Hall–Kier alpha value is -2.08. The van der Waals surface area contributed by atoms with E-state index in [9.17, 15) is 96.1 Å². The number of nitrogens with zero attached hydrogens (tertiary/aromatic N) is 1. The Morgan fingerprint density at radius 3 is 1.74 bits per heavy atom. The summed E-state index contributed by atoms with van der Waals surface area (Å²) in [5.41, 5.74) is 0. The summed E-state index contributed by atoms with van der Waals surface area (Å²) in [6.07, 6.45) is -38.0. The molecule has 5 saturated heterocycles. The Morgan fingerprint density at radius 2 is 1.16 bits per heavy atom. The number of hydrogen-bond acceptors (Lipinski definition) is 29. The third kappa shape index (κ3) is 17.3. The summed E-state index contributed by atoms with van der Waals surface area (Å²) < 4.78 is 58.8. The van der Waals surface area contributed by atoms with Gasteiger partial charge in [0, 0.05) is 26.9 Å². The molecule has 0 unspecified atom stereocenters. The number of amides is 2. The number of carboxylic acids is 1. The van der Waals surface area contributed by atoms with Crippen LogP contribution in [0.2, 0.25) is 0 Å². The van der Waals surface area contributed by atoms with Gasteiger partial charge in [0.1, 0.15) is 122 Å². The van der Waals surface area contributed by atoms with Crippen molar-refractivity contribution in [1.82, 2.24) is 10.6 Å². The number of aliphatic carboxylic acids is 1. The van der Waals surface area contributed by atoms with Gasteiger partial charge >= 0.3 is 35.5 Å². The minimum atomic E-state index is -3.17. The summed E-state index contributed by atoms with van der Waals surface area (Å²) in [7, 11) is 0. The van der Waals surface area contributed by atoms with Crippen LogP contribution < -0.4 is 45.3 Å². The van der Waals surface area contributed by atoms with Crippen LogP contribution in [0.1, 0.15) is 72.6 Å². The summed E-state index contributed by atoms with van der Waals surface area (Å²) >= 11 is 0. The van der Waals surface area contributed by atoms with Crippen LogP contribution in [0.25, 0.3) is 0 Å². The third-order valence-electron chi connectivity index (χ3n) is 14.2.